The fraction of sp³-hybridized carbons (Fsp3) is 0.250. The van der Waals surface area contributed by atoms with Crippen molar-refractivity contribution >= 4 is 56.6 Å². The quantitative estimate of drug-likeness (QED) is 0.477. The van der Waals surface area contributed by atoms with Crippen molar-refractivity contribution in [2.45, 2.75) is 6.92 Å². The number of hydrogen-bond donors (Lipinski definition) is 1. The van der Waals surface area contributed by atoms with E-state index in [0.29, 0.717) is 21.1 Å². The molecule has 0 radical (unpaired) electrons. The molecule has 0 spiro atoms. The van der Waals surface area contributed by atoms with Crippen molar-refractivity contribution in [3.63, 3.8) is 0 Å². The number of thiazole rings is 1. The van der Waals surface area contributed by atoms with Crippen molar-refractivity contribution in [2.75, 3.05) is 16.8 Å². The smallest absolute Gasteiger partial charge is 0.270 e. The van der Waals surface area contributed by atoms with Gasteiger partial charge in [-0.1, -0.05) is 16.5 Å². The van der Waals surface area contributed by atoms with E-state index in [1.54, 1.807) is 30.7 Å². The lowest BCUT2D eigenvalue weighted by Gasteiger charge is -1.99. The standard InChI is InChI=1S/C16H15N5O5S2/c1-9-5-13(19-26-9)17-14(22)7-27-8-15(23)18-16-20(2)11-4-3-10(21(24)25)6-12(11)28-16/h3-6H,7-8H2,1-2H3,(H,17,19,22). The molecule has 12 heteroatoms. The van der Waals surface area contributed by atoms with Crippen molar-refractivity contribution in [1.82, 2.24) is 9.72 Å². The minimum absolute atomic E-state index is 0.0175. The van der Waals surface area contributed by atoms with Gasteiger partial charge in [0, 0.05) is 25.2 Å². The number of anilines is 1. The number of aryl methyl sites for hydroxylation is 2. The normalized spacial score (nSPS) is 11.7. The van der Waals surface area contributed by atoms with Gasteiger partial charge < -0.3 is 14.4 Å². The molecule has 0 saturated heterocycles. The highest BCUT2D eigenvalue weighted by atomic mass is 32.2. The van der Waals surface area contributed by atoms with Gasteiger partial charge in [0.25, 0.3) is 11.6 Å². The number of nitrogens with zero attached hydrogens (tertiary/aromatic N) is 4. The van der Waals surface area contributed by atoms with Crippen molar-refractivity contribution in [3.05, 3.63) is 44.9 Å². The number of non-ortho nitro benzene ring substituents is 1. The van der Waals surface area contributed by atoms with E-state index in [1.807, 2.05) is 0 Å². The third-order valence-corrected chi connectivity index (χ3v) is 5.59. The summed E-state index contributed by atoms with van der Waals surface area (Å²) in [4.78, 5) is 38.8. The molecule has 2 heterocycles. The number of aromatic nitrogens is 2. The number of hydrogen-bond acceptors (Lipinski definition) is 8. The summed E-state index contributed by atoms with van der Waals surface area (Å²) < 4.78 is 7.22. The number of rotatable bonds is 6. The molecule has 1 N–H and O–H groups in total. The van der Waals surface area contributed by atoms with E-state index in [0.717, 1.165) is 17.3 Å². The van der Waals surface area contributed by atoms with Crippen LogP contribution >= 0.6 is 23.1 Å². The molecule has 0 bridgehead atoms. The predicted molar refractivity (Wildman–Crippen MR) is 105 cm³/mol. The average molecular weight is 421 g/mol. The number of carbonyl (C=O) groups is 2. The second-order valence-electron chi connectivity index (χ2n) is 5.72. The summed E-state index contributed by atoms with van der Waals surface area (Å²) in [6.45, 7) is 1.71. The van der Waals surface area contributed by atoms with Gasteiger partial charge in [0.2, 0.25) is 5.91 Å². The van der Waals surface area contributed by atoms with E-state index in [4.69, 9.17) is 4.52 Å². The highest BCUT2D eigenvalue weighted by Gasteiger charge is 2.12. The van der Waals surface area contributed by atoms with Gasteiger partial charge in [-0.05, 0) is 13.0 Å². The van der Waals surface area contributed by atoms with Crippen LogP contribution in [-0.4, -0.2) is 38.0 Å². The number of benzene rings is 1. The first-order chi connectivity index (χ1) is 13.3. The van der Waals surface area contributed by atoms with Crippen LogP contribution < -0.4 is 10.1 Å². The number of thioether (sulfide) groups is 1. The van der Waals surface area contributed by atoms with Crippen LogP contribution in [0.1, 0.15) is 5.76 Å². The van der Waals surface area contributed by atoms with Crippen LogP contribution in [0.25, 0.3) is 10.2 Å². The van der Waals surface area contributed by atoms with Crippen LogP contribution in [0.15, 0.2) is 33.8 Å². The molecule has 0 fully saturated rings. The lowest BCUT2D eigenvalue weighted by Crippen LogP contribution is -2.17. The molecule has 1 aromatic carbocycles. The molecule has 28 heavy (non-hydrogen) atoms. The molecule has 0 aliphatic heterocycles. The predicted octanol–water partition coefficient (Wildman–Crippen LogP) is 2.24. The fourth-order valence-corrected chi connectivity index (χ4v) is 3.98. The first-order valence-corrected chi connectivity index (χ1v) is 9.93. The van der Waals surface area contributed by atoms with Gasteiger partial charge in [-0.25, -0.2) is 0 Å². The van der Waals surface area contributed by atoms with E-state index in [1.165, 1.54) is 23.5 Å². The lowest BCUT2D eigenvalue weighted by atomic mass is 10.3. The highest BCUT2D eigenvalue weighted by molar-refractivity contribution is 8.00. The molecule has 146 valence electrons. The molecule has 3 aromatic rings. The van der Waals surface area contributed by atoms with Crippen LogP contribution in [0.2, 0.25) is 0 Å². The summed E-state index contributed by atoms with van der Waals surface area (Å²) in [5.41, 5.74) is 0.730. The molecule has 0 aliphatic rings. The van der Waals surface area contributed by atoms with Gasteiger partial charge in [0.05, 0.1) is 26.6 Å². The number of nitro groups is 1. The van der Waals surface area contributed by atoms with E-state index in [2.05, 4.69) is 15.5 Å². The number of fused-ring (bicyclic) bond motifs is 1. The summed E-state index contributed by atoms with van der Waals surface area (Å²) in [6, 6.07) is 6.08. The van der Waals surface area contributed by atoms with Crippen molar-refractivity contribution in [3.8, 4) is 0 Å². The second kappa shape index (κ2) is 8.35. The van der Waals surface area contributed by atoms with Crippen LogP contribution in [-0.2, 0) is 16.6 Å². The van der Waals surface area contributed by atoms with E-state index in [-0.39, 0.29) is 23.1 Å². The zero-order valence-corrected chi connectivity index (χ0v) is 16.5. The molecule has 0 unspecified atom stereocenters. The van der Waals surface area contributed by atoms with Gasteiger partial charge in [-0.15, -0.1) is 11.8 Å². The maximum atomic E-state index is 12.1. The molecular weight excluding hydrogens is 406 g/mol. The van der Waals surface area contributed by atoms with E-state index < -0.39 is 10.8 Å². The lowest BCUT2D eigenvalue weighted by molar-refractivity contribution is -0.384. The SMILES string of the molecule is Cc1cc(NC(=O)CSCC(=O)N=c2sc3cc([N+](=O)[O-])ccc3n2C)no1. The topological polar surface area (TPSA) is 133 Å². The first kappa shape index (κ1) is 19.8. The van der Waals surface area contributed by atoms with Crippen molar-refractivity contribution in [1.29, 1.82) is 0 Å². The van der Waals surface area contributed by atoms with Gasteiger partial charge in [0.15, 0.2) is 10.6 Å². The van der Waals surface area contributed by atoms with Gasteiger partial charge in [-0.3, -0.25) is 19.7 Å². The minimum atomic E-state index is -0.469. The Bertz CT molecular complexity index is 1130. The molecule has 0 aliphatic carbocycles. The number of amides is 2. The Labute approximate surface area is 166 Å². The Morgan fingerprint density at radius 2 is 2.18 bits per heavy atom. The Hall–Kier alpha value is -2.99. The third kappa shape index (κ3) is 4.64. The minimum Gasteiger partial charge on any atom is -0.360 e. The van der Waals surface area contributed by atoms with Crippen molar-refractivity contribution in [2.24, 2.45) is 12.0 Å². The molecule has 0 atom stereocenters. The fourth-order valence-electron chi connectivity index (χ4n) is 2.32. The van der Waals surface area contributed by atoms with E-state index >= 15 is 0 Å². The second-order valence-corrected chi connectivity index (χ2v) is 7.72. The molecule has 10 nitrogen and oxygen atoms in total. The zero-order valence-electron chi connectivity index (χ0n) is 14.9. The van der Waals surface area contributed by atoms with Gasteiger partial charge in [0.1, 0.15) is 5.76 Å². The molecular formula is C16H15N5O5S2. The maximum absolute atomic E-state index is 12.1. The molecule has 3 rings (SSSR count). The Balaban J connectivity index is 1.61. The van der Waals surface area contributed by atoms with Crippen LogP contribution in [0.5, 0.6) is 0 Å². The Morgan fingerprint density at radius 3 is 2.86 bits per heavy atom. The van der Waals surface area contributed by atoms with Crippen molar-refractivity contribution < 1.29 is 19.0 Å². The van der Waals surface area contributed by atoms with E-state index in [9.17, 15) is 19.7 Å². The van der Waals surface area contributed by atoms with Gasteiger partial charge in [-0.2, -0.15) is 4.99 Å². The first-order valence-electron chi connectivity index (χ1n) is 7.96. The number of carbonyl (C=O) groups excluding carboxylic acids is 2. The monoisotopic (exact) mass is 421 g/mol. The van der Waals surface area contributed by atoms with Crippen LogP contribution in [0, 0.1) is 17.0 Å². The number of nitro benzene ring substituents is 1. The molecule has 0 saturated carbocycles. The Kier molecular flexibility index (Phi) is 5.90. The van der Waals surface area contributed by atoms with Crippen LogP contribution in [0.3, 0.4) is 0 Å². The summed E-state index contributed by atoms with van der Waals surface area (Å²) in [5.74, 6) is 0.305. The van der Waals surface area contributed by atoms with Gasteiger partial charge >= 0.3 is 0 Å². The summed E-state index contributed by atoms with van der Waals surface area (Å²) in [5, 5.41) is 17.1. The summed E-state index contributed by atoms with van der Waals surface area (Å²) >= 11 is 2.32. The van der Waals surface area contributed by atoms with Crippen LogP contribution in [0.4, 0.5) is 11.5 Å². The zero-order chi connectivity index (χ0) is 20.3. The average Bonchev–Trinajstić information content (AvgIpc) is 3.17. The third-order valence-electron chi connectivity index (χ3n) is 3.58. The highest BCUT2D eigenvalue weighted by Crippen LogP contribution is 2.22. The number of nitrogens with one attached hydrogen (secondary N) is 1. The molecule has 2 amide bonds. The maximum Gasteiger partial charge on any atom is 0.270 e. The summed E-state index contributed by atoms with van der Waals surface area (Å²) in [6.07, 6.45) is 0. The Morgan fingerprint density at radius 1 is 1.39 bits per heavy atom. The largest absolute Gasteiger partial charge is 0.360 e. The molecule has 2 aromatic heterocycles. The summed E-state index contributed by atoms with van der Waals surface area (Å²) in [7, 11) is 1.73.